The van der Waals surface area contributed by atoms with Crippen molar-refractivity contribution >= 4 is 17.7 Å². The number of ether oxygens (including phenoxy) is 1. The maximum atomic E-state index is 12.7. The molecule has 0 radical (unpaired) electrons. The Morgan fingerprint density at radius 2 is 1.85 bits per heavy atom. The molecule has 2 aliphatic heterocycles. The zero-order valence-electron chi connectivity index (χ0n) is 16.9. The van der Waals surface area contributed by atoms with Crippen molar-refractivity contribution in [3.8, 4) is 0 Å². The molecule has 1 aromatic rings. The summed E-state index contributed by atoms with van der Waals surface area (Å²) in [4.78, 5) is 28.2. The highest BCUT2D eigenvalue weighted by atomic mass is 16.5. The van der Waals surface area contributed by atoms with Crippen LogP contribution in [0.3, 0.4) is 0 Å². The van der Waals surface area contributed by atoms with Crippen LogP contribution >= 0.6 is 0 Å². The summed E-state index contributed by atoms with van der Waals surface area (Å²) in [5.41, 5.74) is 0.962. The van der Waals surface area contributed by atoms with Gasteiger partial charge in [-0.05, 0) is 27.7 Å². The average molecular weight is 377 g/mol. The molecular formula is C19H32N6O2. The summed E-state index contributed by atoms with van der Waals surface area (Å²) in [7, 11) is 0. The number of hydrogen-bond donors (Lipinski definition) is 1. The summed E-state index contributed by atoms with van der Waals surface area (Å²) in [5.74, 6) is 1.84. The average Bonchev–Trinajstić information content (AvgIpc) is 2.61. The first-order valence-electron chi connectivity index (χ1n) is 9.94. The highest BCUT2D eigenvalue weighted by Gasteiger charge is 2.28. The number of hydrogen-bond acceptors (Lipinski definition) is 7. The minimum Gasteiger partial charge on any atom is -0.372 e. The smallest absolute Gasteiger partial charge is 0.236 e. The Labute approximate surface area is 161 Å². The van der Waals surface area contributed by atoms with Crippen molar-refractivity contribution in [2.45, 2.75) is 39.9 Å². The molecule has 2 atom stereocenters. The lowest BCUT2D eigenvalue weighted by atomic mass is 10.2. The summed E-state index contributed by atoms with van der Waals surface area (Å²) in [6, 6.07) is 1.96. The molecule has 8 heteroatoms. The van der Waals surface area contributed by atoms with Gasteiger partial charge in [-0.1, -0.05) is 0 Å². The van der Waals surface area contributed by atoms with Gasteiger partial charge in [-0.3, -0.25) is 9.69 Å². The highest BCUT2D eigenvalue weighted by Crippen LogP contribution is 2.16. The third kappa shape index (κ3) is 5.29. The first-order valence-corrected chi connectivity index (χ1v) is 9.94. The molecule has 1 amide bonds. The van der Waals surface area contributed by atoms with Crippen molar-refractivity contribution in [3.05, 3.63) is 11.8 Å². The van der Waals surface area contributed by atoms with E-state index >= 15 is 0 Å². The molecule has 1 aromatic heterocycles. The molecule has 0 aliphatic carbocycles. The number of carbonyl (C=O) groups excluding carboxylic acids is 1. The first-order chi connectivity index (χ1) is 12.9. The van der Waals surface area contributed by atoms with Crippen LogP contribution in [0.4, 0.5) is 11.8 Å². The molecule has 0 saturated carbocycles. The predicted molar refractivity (Wildman–Crippen MR) is 106 cm³/mol. The van der Waals surface area contributed by atoms with Crippen LogP contribution in [0.2, 0.25) is 0 Å². The van der Waals surface area contributed by atoms with Gasteiger partial charge < -0.3 is 19.9 Å². The molecule has 2 unspecified atom stereocenters. The van der Waals surface area contributed by atoms with Crippen LogP contribution in [-0.4, -0.2) is 90.2 Å². The molecule has 1 N–H and O–H groups in total. The van der Waals surface area contributed by atoms with Gasteiger partial charge >= 0.3 is 0 Å². The summed E-state index contributed by atoms with van der Waals surface area (Å²) in [6.07, 6.45) is 0.220. The number of amides is 1. The van der Waals surface area contributed by atoms with E-state index in [0.717, 1.165) is 50.2 Å². The van der Waals surface area contributed by atoms with Crippen LogP contribution < -0.4 is 10.2 Å². The lowest BCUT2D eigenvalue weighted by Gasteiger charge is -2.38. The normalized spacial score (nSPS) is 24.1. The van der Waals surface area contributed by atoms with E-state index in [1.165, 1.54) is 0 Å². The van der Waals surface area contributed by atoms with Gasteiger partial charge in [0.05, 0.1) is 18.8 Å². The molecule has 8 nitrogen and oxygen atoms in total. The molecule has 2 fully saturated rings. The van der Waals surface area contributed by atoms with E-state index in [4.69, 9.17) is 4.74 Å². The number of morpholine rings is 1. The number of nitrogens with one attached hydrogen (secondary N) is 1. The predicted octanol–water partition coefficient (Wildman–Crippen LogP) is 0.975. The number of piperazine rings is 1. The fraction of sp³-hybridized carbons (Fsp3) is 0.737. The van der Waals surface area contributed by atoms with Crippen molar-refractivity contribution in [2.75, 3.05) is 62.6 Å². The maximum absolute atomic E-state index is 12.7. The van der Waals surface area contributed by atoms with E-state index in [0.29, 0.717) is 19.6 Å². The Bertz CT molecular complexity index is 637. The second kappa shape index (κ2) is 8.84. The molecule has 0 aromatic carbocycles. The van der Waals surface area contributed by atoms with Crippen molar-refractivity contribution in [1.82, 2.24) is 19.8 Å². The molecule has 150 valence electrons. The maximum Gasteiger partial charge on any atom is 0.236 e. The van der Waals surface area contributed by atoms with Crippen LogP contribution in [0.5, 0.6) is 0 Å². The first kappa shape index (κ1) is 19.8. The summed E-state index contributed by atoms with van der Waals surface area (Å²) in [5, 5.41) is 3.26. The van der Waals surface area contributed by atoms with Crippen molar-refractivity contribution in [2.24, 2.45) is 0 Å². The minimum atomic E-state index is 0.110. The van der Waals surface area contributed by atoms with Gasteiger partial charge in [0.1, 0.15) is 5.82 Å². The Morgan fingerprint density at radius 3 is 2.48 bits per heavy atom. The van der Waals surface area contributed by atoms with E-state index in [1.54, 1.807) is 0 Å². The molecule has 0 spiro atoms. The van der Waals surface area contributed by atoms with E-state index < -0.39 is 0 Å². The largest absolute Gasteiger partial charge is 0.372 e. The third-order valence-corrected chi connectivity index (χ3v) is 4.99. The second-order valence-electron chi connectivity index (χ2n) is 7.54. The molecule has 3 rings (SSSR count). The van der Waals surface area contributed by atoms with Crippen molar-refractivity contribution < 1.29 is 9.53 Å². The number of aromatic nitrogens is 2. The van der Waals surface area contributed by atoms with E-state index in [2.05, 4.69) is 32.0 Å². The standard InChI is InChI=1S/C19H32N6O2/c1-5-20-17-10-14(2)21-19(22-17)24-8-6-23(7-9-24)13-18(26)25-11-15(3)27-16(4)12-25/h10,15-16H,5-9,11-13H2,1-4H3,(H,20,21,22). The van der Waals surface area contributed by atoms with Gasteiger partial charge in [0.15, 0.2) is 0 Å². The second-order valence-corrected chi connectivity index (χ2v) is 7.54. The fourth-order valence-electron chi connectivity index (χ4n) is 3.74. The van der Waals surface area contributed by atoms with Gasteiger partial charge in [0, 0.05) is 57.6 Å². The molecule has 2 saturated heterocycles. The van der Waals surface area contributed by atoms with E-state index in [-0.39, 0.29) is 18.1 Å². The number of nitrogens with zero attached hydrogens (tertiary/aromatic N) is 5. The Balaban J connectivity index is 1.52. The molecule has 27 heavy (non-hydrogen) atoms. The van der Waals surface area contributed by atoms with Gasteiger partial charge in [-0.25, -0.2) is 4.98 Å². The van der Waals surface area contributed by atoms with Gasteiger partial charge in [-0.2, -0.15) is 4.98 Å². The highest BCUT2D eigenvalue weighted by molar-refractivity contribution is 5.78. The van der Waals surface area contributed by atoms with Crippen molar-refractivity contribution in [3.63, 3.8) is 0 Å². The zero-order chi connectivity index (χ0) is 19.4. The lowest BCUT2D eigenvalue weighted by molar-refractivity contribution is -0.144. The minimum absolute atomic E-state index is 0.110. The Morgan fingerprint density at radius 1 is 1.19 bits per heavy atom. The van der Waals surface area contributed by atoms with Gasteiger partial charge in [0.25, 0.3) is 0 Å². The molecule has 0 bridgehead atoms. The SMILES string of the molecule is CCNc1cc(C)nc(N2CCN(CC(=O)N3CC(C)OC(C)C3)CC2)n1. The van der Waals surface area contributed by atoms with Gasteiger partial charge in [0.2, 0.25) is 11.9 Å². The fourth-order valence-corrected chi connectivity index (χ4v) is 3.74. The summed E-state index contributed by atoms with van der Waals surface area (Å²) < 4.78 is 5.72. The topological polar surface area (TPSA) is 73.8 Å². The zero-order valence-corrected chi connectivity index (χ0v) is 16.9. The lowest BCUT2D eigenvalue weighted by Crippen LogP contribution is -2.54. The monoisotopic (exact) mass is 376 g/mol. The molecular weight excluding hydrogens is 344 g/mol. The Hall–Kier alpha value is -1.93. The van der Waals surface area contributed by atoms with Crippen LogP contribution in [-0.2, 0) is 9.53 Å². The number of carbonyl (C=O) groups is 1. The van der Waals surface area contributed by atoms with Crippen LogP contribution in [0.25, 0.3) is 0 Å². The Kier molecular flexibility index (Phi) is 6.49. The quantitative estimate of drug-likeness (QED) is 0.821. The third-order valence-electron chi connectivity index (χ3n) is 4.99. The van der Waals surface area contributed by atoms with E-state index in [9.17, 15) is 4.79 Å². The van der Waals surface area contributed by atoms with E-state index in [1.807, 2.05) is 31.7 Å². The summed E-state index contributed by atoms with van der Waals surface area (Å²) in [6.45, 7) is 14.1. The van der Waals surface area contributed by atoms with Gasteiger partial charge in [-0.15, -0.1) is 0 Å². The van der Waals surface area contributed by atoms with Crippen LogP contribution in [0.15, 0.2) is 6.07 Å². The molecule has 3 heterocycles. The van der Waals surface area contributed by atoms with Crippen LogP contribution in [0.1, 0.15) is 26.5 Å². The summed E-state index contributed by atoms with van der Waals surface area (Å²) >= 11 is 0. The number of aryl methyl sites for hydroxylation is 1. The molecule has 2 aliphatic rings. The van der Waals surface area contributed by atoms with Crippen molar-refractivity contribution in [1.29, 1.82) is 0 Å². The van der Waals surface area contributed by atoms with Crippen LogP contribution in [0, 0.1) is 6.92 Å². The number of rotatable bonds is 5. The number of anilines is 2.